The summed E-state index contributed by atoms with van der Waals surface area (Å²) in [6, 6.07) is 7.07. The SMILES string of the molecule is O=C1C[C@@H](C(=O)N[C@@H]2c3ccccc3C[C@H]2NC(=O)CCc2ccncc2Br)NC(=O)N1. The first kappa shape index (κ1) is 21.9. The average Bonchev–Trinajstić information content (AvgIpc) is 3.09. The molecule has 3 atom stereocenters. The molecular formula is C22H22BrN5O4. The van der Waals surface area contributed by atoms with Crippen molar-refractivity contribution in [2.24, 2.45) is 0 Å². The normalized spacial score (nSPS) is 21.8. The van der Waals surface area contributed by atoms with Crippen LogP contribution >= 0.6 is 15.9 Å². The summed E-state index contributed by atoms with van der Waals surface area (Å²) in [5.74, 6) is -1.10. The third-order valence-corrected chi connectivity index (χ3v) is 6.33. The Morgan fingerprint density at radius 3 is 2.72 bits per heavy atom. The molecule has 2 aliphatic rings. The van der Waals surface area contributed by atoms with Crippen LogP contribution in [0.1, 0.15) is 35.6 Å². The zero-order chi connectivity index (χ0) is 22.7. The predicted molar refractivity (Wildman–Crippen MR) is 118 cm³/mol. The molecule has 10 heteroatoms. The Hall–Kier alpha value is -3.27. The van der Waals surface area contributed by atoms with E-state index >= 15 is 0 Å². The van der Waals surface area contributed by atoms with Crippen molar-refractivity contribution in [1.82, 2.24) is 26.3 Å². The number of rotatable bonds is 6. The molecule has 0 unspecified atom stereocenters. The maximum Gasteiger partial charge on any atom is 0.322 e. The zero-order valence-electron chi connectivity index (χ0n) is 17.1. The number of halogens is 1. The van der Waals surface area contributed by atoms with Crippen molar-refractivity contribution in [3.63, 3.8) is 0 Å². The fraction of sp³-hybridized carbons (Fsp3) is 0.318. The van der Waals surface area contributed by atoms with Gasteiger partial charge in [-0.1, -0.05) is 24.3 Å². The zero-order valence-corrected chi connectivity index (χ0v) is 18.6. The standard InChI is InChI=1S/C22H22BrN5O4/c23-15-11-24-8-7-12(15)5-6-18(29)25-16-9-13-3-1-2-4-14(13)20(16)28-21(31)17-10-19(30)27-22(32)26-17/h1-4,7-8,11,16-17,20H,5-6,9-10H2,(H,25,29)(H,28,31)(H2,26,27,30,32)/t16-,17+,20-/m1/s1. The highest BCUT2D eigenvalue weighted by Gasteiger charge is 2.37. The molecule has 2 heterocycles. The van der Waals surface area contributed by atoms with Crippen molar-refractivity contribution in [2.45, 2.75) is 43.8 Å². The van der Waals surface area contributed by atoms with E-state index in [0.29, 0.717) is 12.8 Å². The third kappa shape index (κ3) is 4.96. The van der Waals surface area contributed by atoms with Crippen LogP contribution in [0.3, 0.4) is 0 Å². The van der Waals surface area contributed by atoms with E-state index in [1.54, 1.807) is 12.4 Å². The number of hydrogen-bond acceptors (Lipinski definition) is 5. The van der Waals surface area contributed by atoms with Gasteiger partial charge >= 0.3 is 6.03 Å². The molecule has 1 saturated heterocycles. The van der Waals surface area contributed by atoms with E-state index in [9.17, 15) is 19.2 Å². The Kier molecular flexibility index (Phi) is 6.50. The van der Waals surface area contributed by atoms with Crippen LogP contribution in [-0.4, -0.2) is 40.8 Å². The van der Waals surface area contributed by atoms with Gasteiger partial charge in [0.15, 0.2) is 0 Å². The summed E-state index contributed by atoms with van der Waals surface area (Å²) < 4.78 is 0.852. The Bertz CT molecular complexity index is 1060. The fourth-order valence-electron chi connectivity index (χ4n) is 4.06. The molecule has 9 nitrogen and oxygen atoms in total. The molecule has 166 valence electrons. The lowest BCUT2D eigenvalue weighted by atomic mass is 10.0. The lowest BCUT2D eigenvalue weighted by Gasteiger charge is -2.27. The largest absolute Gasteiger partial charge is 0.351 e. The summed E-state index contributed by atoms with van der Waals surface area (Å²) in [7, 11) is 0. The molecule has 32 heavy (non-hydrogen) atoms. The molecule has 1 aliphatic carbocycles. The first-order valence-electron chi connectivity index (χ1n) is 10.3. The molecule has 1 aromatic heterocycles. The third-order valence-electron chi connectivity index (χ3n) is 5.62. The van der Waals surface area contributed by atoms with Gasteiger partial charge in [0.1, 0.15) is 6.04 Å². The maximum atomic E-state index is 12.8. The van der Waals surface area contributed by atoms with Gasteiger partial charge in [-0.05, 0) is 51.5 Å². The van der Waals surface area contributed by atoms with Gasteiger partial charge in [0, 0.05) is 23.3 Å². The van der Waals surface area contributed by atoms with Crippen molar-refractivity contribution in [1.29, 1.82) is 0 Å². The van der Waals surface area contributed by atoms with E-state index in [-0.39, 0.29) is 24.8 Å². The number of fused-ring (bicyclic) bond motifs is 1. The van der Waals surface area contributed by atoms with Gasteiger partial charge in [0.05, 0.1) is 18.5 Å². The highest BCUT2D eigenvalue weighted by atomic mass is 79.9. The van der Waals surface area contributed by atoms with Crippen LogP contribution in [0.4, 0.5) is 4.79 Å². The first-order chi connectivity index (χ1) is 15.4. The molecule has 1 aromatic carbocycles. The Balaban J connectivity index is 1.43. The van der Waals surface area contributed by atoms with Gasteiger partial charge in [-0.3, -0.25) is 24.7 Å². The number of nitrogens with one attached hydrogen (secondary N) is 4. The number of benzene rings is 1. The van der Waals surface area contributed by atoms with Crippen LogP contribution in [0.2, 0.25) is 0 Å². The molecule has 1 fully saturated rings. The van der Waals surface area contributed by atoms with E-state index < -0.39 is 29.9 Å². The summed E-state index contributed by atoms with van der Waals surface area (Å²) in [4.78, 5) is 52.7. The highest BCUT2D eigenvalue weighted by molar-refractivity contribution is 9.10. The minimum absolute atomic E-state index is 0.129. The van der Waals surface area contributed by atoms with Gasteiger partial charge in [-0.25, -0.2) is 4.79 Å². The number of aryl methyl sites for hydroxylation is 1. The molecular weight excluding hydrogens is 478 g/mol. The van der Waals surface area contributed by atoms with Crippen molar-refractivity contribution in [2.75, 3.05) is 0 Å². The number of pyridine rings is 1. The first-order valence-corrected chi connectivity index (χ1v) is 11.1. The van der Waals surface area contributed by atoms with Crippen molar-refractivity contribution in [3.05, 3.63) is 63.9 Å². The Morgan fingerprint density at radius 2 is 1.94 bits per heavy atom. The highest BCUT2D eigenvalue weighted by Crippen LogP contribution is 2.31. The van der Waals surface area contributed by atoms with Crippen LogP contribution in [0.15, 0.2) is 47.2 Å². The van der Waals surface area contributed by atoms with Gasteiger partial charge in [-0.15, -0.1) is 0 Å². The summed E-state index contributed by atoms with van der Waals surface area (Å²) >= 11 is 3.44. The van der Waals surface area contributed by atoms with Crippen LogP contribution in [-0.2, 0) is 27.2 Å². The molecule has 4 rings (SSSR count). The number of imide groups is 1. The molecule has 0 bridgehead atoms. The lowest BCUT2D eigenvalue weighted by Crippen LogP contribution is -2.58. The Labute approximate surface area is 192 Å². The maximum absolute atomic E-state index is 12.8. The molecule has 4 N–H and O–H groups in total. The summed E-state index contributed by atoms with van der Waals surface area (Å²) in [5, 5.41) is 10.5. The molecule has 0 spiro atoms. The van der Waals surface area contributed by atoms with Crippen LogP contribution in [0.25, 0.3) is 0 Å². The quantitative estimate of drug-likeness (QED) is 0.475. The molecule has 2 aromatic rings. The van der Waals surface area contributed by atoms with Gasteiger partial charge in [0.25, 0.3) is 0 Å². The summed E-state index contributed by atoms with van der Waals surface area (Å²) in [6.07, 6.45) is 4.65. The van der Waals surface area contributed by atoms with E-state index in [4.69, 9.17) is 0 Å². The predicted octanol–water partition coefficient (Wildman–Crippen LogP) is 1.27. The van der Waals surface area contributed by atoms with E-state index in [2.05, 4.69) is 42.2 Å². The number of nitrogens with zero attached hydrogens (tertiary/aromatic N) is 1. The number of urea groups is 1. The monoisotopic (exact) mass is 499 g/mol. The minimum atomic E-state index is -0.954. The number of carbonyl (C=O) groups excluding carboxylic acids is 4. The lowest BCUT2D eigenvalue weighted by molar-refractivity contribution is -0.129. The van der Waals surface area contributed by atoms with Crippen molar-refractivity contribution < 1.29 is 19.2 Å². The second-order valence-electron chi connectivity index (χ2n) is 7.81. The molecule has 1 aliphatic heterocycles. The van der Waals surface area contributed by atoms with E-state index in [0.717, 1.165) is 21.2 Å². The smallest absolute Gasteiger partial charge is 0.322 e. The molecule has 0 saturated carbocycles. The number of aromatic nitrogens is 1. The number of carbonyl (C=O) groups is 4. The summed E-state index contributed by atoms with van der Waals surface area (Å²) in [6.45, 7) is 0. The molecule has 5 amide bonds. The second-order valence-corrected chi connectivity index (χ2v) is 8.66. The van der Waals surface area contributed by atoms with Crippen molar-refractivity contribution >= 4 is 39.7 Å². The fourth-order valence-corrected chi connectivity index (χ4v) is 4.51. The number of amides is 5. The number of hydrogen-bond donors (Lipinski definition) is 4. The van der Waals surface area contributed by atoms with E-state index in [1.807, 2.05) is 30.3 Å². The molecule has 0 radical (unpaired) electrons. The van der Waals surface area contributed by atoms with Gasteiger partial charge in [-0.2, -0.15) is 0 Å². The van der Waals surface area contributed by atoms with Crippen LogP contribution in [0.5, 0.6) is 0 Å². The van der Waals surface area contributed by atoms with Gasteiger partial charge in [0.2, 0.25) is 17.7 Å². The van der Waals surface area contributed by atoms with Crippen LogP contribution in [0, 0.1) is 0 Å². The summed E-state index contributed by atoms with van der Waals surface area (Å²) in [5.41, 5.74) is 2.93. The van der Waals surface area contributed by atoms with Crippen molar-refractivity contribution in [3.8, 4) is 0 Å². The second kappa shape index (κ2) is 9.47. The minimum Gasteiger partial charge on any atom is -0.351 e. The van der Waals surface area contributed by atoms with E-state index in [1.165, 1.54) is 0 Å². The topological polar surface area (TPSA) is 129 Å². The van der Waals surface area contributed by atoms with Gasteiger partial charge < -0.3 is 16.0 Å². The average molecular weight is 500 g/mol. The van der Waals surface area contributed by atoms with Crippen LogP contribution < -0.4 is 21.3 Å². The Morgan fingerprint density at radius 1 is 1.12 bits per heavy atom.